The Hall–Kier alpha value is -1.29. The molecule has 0 saturated carbocycles. The fourth-order valence-corrected chi connectivity index (χ4v) is 1.27. The van der Waals surface area contributed by atoms with Gasteiger partial charge < -0.3 is 14.9 Å². The Morgan fingerprint density at radius 1 is 1.47 bits per heavy atom. The summed E-state index contributed by atoms with van der Waals surface area (Å²) in [5.41, 5.74) is 5.65. The third-order valence-electron chi connectivity index (χ3n) is 2.08. The van der Waals surface area contributed by atoms with Crippen LogP contribution in [0.25, 0.3) is 0 Å². The van der Waals surface area contributed by atoms with Crippen LogP contribution in [-0.2, 0) is 22.4 Å². The van der Waals surface area contributed by atoms with Crippen molar-refractivity contribution in [1.29, 1.82) is 0 Å². The van der Waals surface area contributed by atoms with Gasteiger partial charge in [-0.05, 0) is 19.1 Å². The maximum Gasteiger partial charge on any atom is 0.323 e. The number of furan rings is 1. The van der Waals surface area contributed by atoms with E-state index >= 15 is 0 Å². The lowest BCUT2D eigenvalue weighted by Crippen LogP contribution is -2.34. The second-order valence-corrected chi connectivity index (χ2v) is 3.28. The van der Waals surface area contributed by atoms with E-state index in [0.29, 0.717) is 13.0 Å². The van der Waals surface area contributed by atoms with Crippen molar-refractivity contribution in [1.82, 2.24) is 0 Å². The van der Waals surface area contributed by atoms with Gasteiger partial charge in [0.15, 0.2) is 0 Å². The molecule has 1 rings (SSSR count). The molecule has 0 spiro atoms. The van der Waals surface area contributed by atoms with Gasteiger partial charge in [0.05, 0.1) is 6.61 Å². The molecule has 0 bridgehead atoms. The molecular weight excluding hydrogens is 194 g/mol. The molecule has 1 aromatic heterocycles. The van der Waals surface area contributed by atoms with E-state index in [9.17, 15) is 4.79 Å². The molecule has 0 amide bonds. The Balaban J connectivity index is 2.50. The molecule has 0 aromatic carbocycles. The van der Waals surface area contributed by atoms with Crippen LogP contribution in [-0.4, -0.2) is 18.6 Å². The number of hydrogen-bond donors (Lipinski definition) is 1. The molecule has 1 aromatic rings. The number of nitrogens with two attached hydrogens (primary N) is 1. The second-order valence-electron chi connectivity index (χ2n) is 3.28. The summed E-state index contributed by atoms with van der Waals surface area (Å²) >= 11 is 0. The summed E-state index contributed by atoms with van der Waals surface area (Å²) in [6.07, 6.45) is 1.23. The first-order valence-corrected chi connectivity index (χ1v) is 5.17. The quantitative estimate of drug-likeness (QED) is 0.745. The van der Waals surface area contributed by atoms with Crippen molar-refractivity contribution < 1.29 is 13.9 Å². The monoisotopic (exact) mass is 211 g/mol. The Kier molecular flexibility index (Phi) is 4.37. The number of aryl methyl sites for hydroxylation is 1. The molecule has 0 saturated heterocycles. The molecular formula is C11H17NO3. The van der Waals surface area contributed by atoms with Crippen LogP contribution in [0.15, 0.2) is 16.5 Å². The van der Waals surface area contributed by atoms with Gasteiger partial charge in [0.1, 0.15) is 17.6 Å². The van der Waals surface area contributed by atoms with E-state index in [-0.39, 0.29) is 5.97 Å². The molecule has 1 heterocycles. The van der Waals surface area contributed by atoms with E-state index in [1.165, 1.54) is 0 Å². The number of carbonyl (C=O) groups excluding carboxylic acids is 1. The summed E-state index contributed by atoms with van der Waals surface area (Å²) < 4.78 is 10.2. The summed E-state index contributed by atoms with van der Waals surface area (Å²) in [5.74, 6) is 1.25. The van der Waals surface area contributed by atoms with Crippen LogP contribution >= 0.6 is 0 Å². The zero-order valence-electron chi connectivity index (χ0n) is 9.16. The SMILES string of the molecule is CCOC(=O)C(N)Cc1ccc(CC)o1. The molecule has 2 N–H and O–H groups in total. The largest absolute Gasteiger partial charge is 0.466 e. The van der Waals surface area contributed by atoms with Crippen molar-refractivity contribution in [2.24, 2.45) is 5.73 Å². The summed E-state index contributed by atoms with van der Waals surface area (Å²) in [6.45, 7) is 4.12. The average molecular weight is 211 g/mol. The molecule has 15 heavy (non-hydrogen) atoms. The standard InChI is InChI=1S/C11H17NO3/c1-3-8-5-6-9(15-8)7-10(12)11(13)14-4-2/h5-6,10H,3-4,7,12H2,1-2H3. The number of hydrogen-bond acceptors (Lipinski definition) is 4. The first kappa shape index (κ1) is 11.8. The lowest BCUT2D eigenvalue weighted by Gasteiger charge is -2.08. The van der Waals surface area contributed by atoms with E-state index < -0.39 is 6.04 Å². The summed E-state index contributed by atoms with van der Waals surface area (Å²) in [7, 11) is 0. The van der Waals surface area contributed by atoms with Crippen LogP contribution < -0.4 is 5.73 Å². The van der Waals surface area contributed by atoms with E-state index in [4.69, 9.17) is 14.9 Å². The fraction of sp³-hybridized carbons (Fsp3) is 0.545. The van der Waals surface area contributed by atoms with Crippen molar-refractivity contribution in [2.45, 2.75) is 32.7 Å². The lowest BCUT2D eigenvalue weighted by molar-refractivity contribution is -0.144. The number of rotatable bonds is 5. The molecule has 0 fully saturated rings. The third-order valence-corrected chi connectivity index (χ3v) is 2.08. The number of carbonyl (C=O) groups is 1. The van der Waals surface area contributed by atoms with E-state index in [0.717, 1.165) is 17.9 Å². The summed E-state index contributed by atoms with van der Waals surface area (Å²) in [4.78, 5) is 11.2. The fourth-order valence-electron chi connectivity index (χ4n) is 1.27. The van der Waals surface area contributed by atoms with Crippen LogP contribution in [0.5, 0.6) is 0 Å². The molecule has 0 aliphatic heterocycles. The van der Waals surface area contributed by atoms with Crippen LogP contribution in [0, 0.1) is 0 Å². The van der Waals surface area contributed by atoms with Gasteiger partial charge >= 0.3 is 5.97 Å². The Morgan fingerprint density at radius 2 is 2.13 bits per heavy atom. The second kappa shape index (κ2) is 5.56. The van der Waals surface area contributed by atoms with Gasteiger partial charge in [0, 0.05) is 12.8 Å². The minimum absolute atomic E-state index is 0.352. The molecule has 4 nitrogen and oxygen atoms in total. The molecule has 0 aliphatic carbocycles. The Morgan fingerprint density at radius 3 is 2.67 bits per heavy atom. The van der Waals surface area contributed by atoms with Crippen molar-refractivity contribution in [3.8, 4) is 0 Å². The van der Waals surface area contributed by atoms with Crippen LogP contribution in [0.2, 0.25) is 0 Å². The molecule has 84 valence electrons. The molecule has 1 unspecified atom stereocenters. The van der Waals surface area contributed by atoms with Crippen molar-refractivity contribution in [3.63, 3.8) is 0 Å². The highest BCUT2D eigenvalue weighted by molar-refractivity contribution is 5.75. The van der Waals surface area contributed by atoms with Crippen LogP contribution in [0.3, 0.4) is 0 Å². The van der Waals surface area contributed by atoms with Gasteiger partial charge in [-0.1, -0.05) is 6.92 Å². The van der Waals surface area contributed by atoms with Gasteiger partial charge in [-0.15, -0.1) is 0 Å². The maximum absolute atomic E-state index is 11.2. The summed E-state index contributed by atoms with van der Waals surface area (Å²) in [5, 5.41) is 0. The first-order valence-electron chi connectivity index (χ1n) is 5.17. The predicted octanol–water partition coefficient (Wildman–Crippen LogP) is 1.27. The average Bonchev–Trinajstić information content (AvgIpc) is 2.66. The van der Waals surface area contributed by atoms with E-state index in [2.05, 4.69) is 0 Å². The predicted molar refractivity (Wildman–Crippen MR) is 56.4 cm³/mol. The van der Waals surface area contributed by atoms with Crippen molar-refractivity contribution in [3.05, 3.63) is 23.7 Å². The normalized spacial score (nSPS) is 12.5. The molecule has 4 heteroatoms. The molecule has 1 atom stereocenters. The molecule has 0 radical (unpaired) electrons. The lowest BCUT2D eigenvalue weighted by atomic mass is 10.2. The van der Waals surface area contributed by atoms with Crippen molar-refractivity contribution in [2.75, 3.05) is 6.61 Å². The van der Waals surface area contributed by atoms with E-state index in [1.54, 1.807) is 6.92 Å². The zero-order valence-corrected chi connectivity index (χ0v) is 9.16. The van der Waals surface area contributed by atoms with Gasteiger partial charge in [0.2, 0.25) is 0 Å². The van der Waals surface area contributed by atoms with Gasteiger partial charge in [-0.2, -0.15) is 0 Å². The highest BCUT2D eigenvalue weighted by atomic mass is 16.5. The highest BCUT2D eigenvalue weighted by Gasteiger charge is 2.16. The highest BCUT2D eigenvalue weighted by Crippen LogP contribution is 2.10. The number of ether oxygens (including phenoxy) is 1. The van der Waals surface area contributed by atoms with Gasteiger partial charge in [-0.25, -0.2) is 0 Å². The Labute approximate surface area is 89.4 Å². The first-order chi connectivity index (χ1) is 7.17. The molecule has 0 aliphatic rings. The Bertz CT molecular complexity index is 319. The topological polar surface area (TPSA) is 65.5 Å². The van der Waals surface area contributed by atoms with E-state index in [1.807, 2.05) is 19.1 Å². The van der Waals surface area contributed by atoms with Crippen molar-refractivity contribution >= 4 is 5.97 Å². The smallest absolute Gasteiger partial charge is 0.323 e. The van der Waals surface area contributed by atoms with Crippen LogP contribution in [0.4, 0.5) is 0 Å². The number of esters is 1. The van der Waals surface area contributed by atoms with Gasteiger partial charge in [0.25, 0.3) is 0 Å². The minimum Gasteiger partial charge on any atom is -0.466 e. The van der Waals surface area contributed by atoms with Crippen LogP contribution in [0.1, 0.15) is 25.4 Å². The van der Waals surface area contributed by atoms with Gasteiger partial charge in [-0.3, -0.25) is 4.79 Å². The third kappa shape index (κ3) is 3.40. The summed E-state index contributed by atoms with van der Waals surface area (Å²) in [6, 6.07) is 3.10. The minimum atomic E-state index is -0.638. The maximum atomic E-state index is 11.2. The zero-order chi connectivity index (χ0) is 11.3.